The Morgan fingerprint density at radius 3 is 2.59 bits per heavy atom. The molecule has 2 N–H and O–H groups in total. The molecule has 0 bridgehead atoms. The predicted octanol–water partition coefficient (Wildman–Crippen LogP) is 5.75. The summed E-state index contributed by atoms with van der Waals surface area (Å²) in [5.41, 5.74) is 8.56. The van der Waals surface area contributed by atoms with E-state index in [1.807, 2.05) is 6.07 Å². The van der Waals surface area contributed by atoms with Crippen LogP contribution >= 0.6 is 27.5 Å². The number of alkyl halides is 1. The minimum Gasteiger partial charge on any atom is -0.462 e. The third-order valence-electron chi connectivity index (χ3n) is 5.33. The standard InChI is InChI=1S/C21H32BrClN2O2/c1-2-25(18-9-5-3-4-6-10-18)15-17-13-16(14-19(22)20(17)24)21(26)27-12-8-7-11-23/h13-14,18H,2-12,15,24H2,1H3. The number of hydrogen-bond acceptors (Lipinski definition) is 4. The van der Waals surface area contributed by atoms with Crippen LogP contribution in [0.5, 0.6) is 0 Å². The summed E-state index contributed by atoms with van der Waals surface area (Å²) in [6, 6.07) is 4.25. The van der Waals surface area contributed by atoms with E-state index in [0.717, 1.165) is 36.0 Å². The number of nitrogens with zero attached hydrogens (tertiary/aromatic N) is 1. The zero-order chi connectivity index (χ0) is 19.6. The van der Waals surface area contributed by atoms with Gasteiger partial charge in [0.1, 0.15) is 0 Å². The van der Waals surface area contributed by atoms with Crippen molar-refractivity contribution in [3.05, 3.63) is 27.7 Å². The van der Waals surface area contributed by atoms with E-state index in [9.17, 15) is 4.79 Å². The number of nitrogens with two attached hydrogens (primary N) is 1. The lowest BCUT2D eigenvalue weighted by molar-refractivity contribution is 0.0499. The quantitative estimate of drug-likeness (QED) is 0.168. The first-order valence-electron chi connectivity index (χ1n) is 10.1. The summed E-state index contributed by atoms with van der Waals surface area (Å²) in [5.74, 6) is 0.285. The Morgan fingerprint density at radius 2 is 1.96 bits per heavy atom. The minimum atomic E-state index is -0.302. The lowest BCUT2D eigenvalue weighted by atomic mass is 10.0. The highest BCUT2D eigenvalue weighted by atomic mass is 79.9. The maximum Gasteiger partial charge on any atom is 0.338 e. The van der Waals surface area contributed by atoms with Crippen molar-refractivity contribution in [1.82, 2.24) is 4.90 Å². The van der Waals surface area contributed by atoms with Gasteiger partial charge in [-0.15, -0.1) is 11.6 Å². The van der Waals surface area contributed by atoms with Crippen molar-refractivity contribution in [3.8, 4) is 0 Å². The van der Waals surface area contributed by atoms with Crippen LogP contribution in [0.1, 0.15) is 74.2 Å². The smallest absolute Gasteiger partial charge is 0.338 e. The first kappa shape index (κ1) is 22.5. The van der Waals surface area contributed by atoms with Gasteiger partial charge < -0.3 is 10.5 Å². The summed E-state index contributed by atoms with van der Waals surface area (Å²) in [6.45, 7) is 4.34. The molecule has 1 saturated carbocycles. The monoisotopic (exact) mass is 458 g/mol. The number of benzene rings is 1. The highest BCUT2D eigenvalue weighted by Gasteiger charge is 2.21. The van der Waals surface area contributed by atoms with Crippen LogP contribution in [0.25, 0.3) is 0 Å². The summed E-state index contributed by atoms with van der Waals surface area (Å²) < 4.78 is 6.13. The summed E-state index contributed by atoms with van der Waals surface area (Å²) >= 11 is 9.17. The molecule has 0 aliphatic heterocycles. The van der Waals surface area contributed by atoms with Crippen molar-refractivity contribution in [2.24, 2.45) is 0 Å². The van der Waals surface area contributed by atoms with Crippen molar-refractivity contribution >= 4 is 39.2 Å². The van der Waals surface area contributed by atoms with Crippen molar-refractivity contribution in [3.63, 3.8) is 0 Å². The van der Waals surface area contributed by atoms with Crippen LogP contribution in [-0.2, 0) is 11.3 Å². The molecule has 0 spiro atoms. The number of esters is 1. The summed E-state index contributed by atoms with van der Waals surface area (Å²) in [7, 11) is 0. The molecule has 0 atom stereocenters. The lowest BCUT2D eigenvalue weighted by Crippen LogP contribution is -2.34. The van der Waals surface area contributed by atoms with Gasteiger partial charge in [-0.25, -0.2) is 4.79 Å². The second-order valence-electron chi connectivity index (χ2n) is 7.27. The number of nitrogen functional groups attached to an aromatic ring is 1. The van der Waals surface area contributed by atoms with Crippen LogP contribution in [0, 0.1) is 0 Å². The Bertz CT molecular complexity index is 604. The third kappa shape index (κ3) is 6.95. The Morgan fingerprint density at radius 1 is 1.26 bits per heavy atom. The van der Waals surface area contributed by atoms with E-state index in [2.05, 4.69) is 27.8 Å². The van der Waals surface area contributed by atoms with E-state index in [-0.39, 0.29) is 5.97 Å². The van der Waals surface area contributed by atoms with Crippen molar-refractivity contribution in [2.45, 2.75) is 70.9 Å². The molecule has 0 heterocycles. The van der Waals surface area contributed by atoms with Crippen LogP contribution in [0.3, 0.4) is 0 Å². The van der Waals surface area contributed by atoms with Gasteiger partial charge in [-0.1, -0.05) is 32.6 Å². The summed E-state index contributed by atoms with van der Waals surface area (Å²) in [6.07, 6.45) is 9.40. The Kier molecular flexibility index (Phi) is 9.94. The van der Waals surface area contributed by atoms with Gasteiger partial charge in [0.15, 0.2) is 0 Å². The number of carbonyl (C=O) groups is 1. The molecular weight excluding hydrogens is 428 g/mol. The molecular formula is C21H32BrClN2O2. The van der Waals surface area contributed by atoms with Gasteiger partial charge in [0.05, 0.1) is 17.9 Å². The maximum atomic E-state index is 12.4. The topological polar surface area (TPSA) is 55.6 Å². The Balaban J connectivity index is 2.10. The van der Waals surface area contributed by atoms with E-state index < -0.39 is 0 Å². The molecule has 1 aliphatic rings. The molecule has 0 aromatic heterocycles. The zero-order valence-corrected chi connectivity index (χ0v) is 18.7. The van der Waals surface area contributed by atoms with Gasteiger partial charge in [-0.2, -0.15) is 0 Å². The van der Waals surface area contributed by atoms with E-state index in [1.54, 1.807) is 6.07 Å². The average molecular weight is 460 g/mol. The number of hydrogen-bond donors (Lipinski definition) is 1. The number of carbonyl (C=O) groups excluding carboxylic acids is 1. The normalized spacial score (nSPS) is 15.7. The van der Waals surface area contributed by atoms with Crippen molar-refractivity contribution in [1.29, 1.82) is 0 Å². The number of ether oxygens (including phenoxy) is 1. The second kappa shape index (κ2) is 11.9. The molecule has 0 unspecified atom stereocenters. The number of anilines is 1. The van der Waals surface area contributed by atoms with E-state index in [0.29, 0.717) is 29.8 Å². The van der Waals surface area contributed by atoms with Crippen LogP contribution < -0.4 is 5.73 Å². The third-order valence-corrected chi connectivity index (χ3v) is 6.26. The van der Waals surface area contributed by atoms with E-state index in [1.165, 1.54) is 38.5 Å². The summed E-state index contributed by atoms with van der Waals surface area (Å²) in [5, 5.41) is 0. The van der Waals surface area contributed by atoms with Gasteiger partial charge in [-0.3, -0.25) is 4.90 Å². The molecule has 2 rings (SSSR count). The minimum absolute atomic E-state index is 0.302. The molecule has 27 heavy (non-hydrogen) atoms. The Hall–Kier alpha value is -0.780. The Labute approximate surface area is 176 Å². The molecule has 0 radical (unpaired) electrons. The zero-order valence-electron chi connectivity index (χ0n) is 16.3. The van der Waals surface area contributed by atoms with Gasteiger partial charge in [0, 0.05) is 22.9 Å². The van der Waals surface area contributed by atoms with E-state index >= 15 is 0 Å². The van der Waals surface area contributed by atoms with Crippen LogP contribution in [0.15, 0.2) is 16.6 Å². The fourth-order valence-corrected chi connectivity index (χ4v) is 4.40. The van der Waals surface area contributed by atoms with Gasteiger partial charge in [0.25, 0.3) is 0 Å². The predicted molar refractivity (Wildman–Crippen MR) is 116 cm³/mol. The molecule has 1 aliphatic carbocycles. The van der Waals surface area contributed by atoms with Gasteiger partial charge in [-0.05, 0) is 65.9 Å². The van der Waals surface area contributed by atoms with Crippen molar-refractivity contribution < 1.29 is 9.53 Å². The average Bonchev–Trinajstić information content (AvgIpc) is 2.95. The molecule has 0 saturated heterocycles. The van der Waals surface area contributed by atoms with Crippen LogP contribution in [-0.4, -0.2) is 35.9 Å². The molecule has 4 nitrogen and oxygen atoms in total. The highest BCUT2D eigenvalue weighted by Crippen LogP contribution is 2.29. The first-order chi connectivity index (χ1) is 13.1. The van der Waals surface area contributed by atoms with Crippen molar-refractivity contribution in [2.75, 3.05) is 24.8 Å². The van der Waals surface area contributed by atoms with Gasteiger partial charge in [0.2, 0.25) is 0 Å². The SMILES string of the molecule is CCN(Cc1cc(C(=O)OCCCCCl)cc(Br)c1N)C1CCCCCC1. The fourth-order valence-electron chi connectivity index (χ4n) is 3.71. The number of halogens is 2. The molecule has 1 aromatic rings. The maximum absolute atomic E-state index is 12.4. The fraction of sp³-hybridized carbons (Fsp3) is 0.667. The molecule has 1 aromatic carbocycles. The highest BCUT2D eigenvalue weighted by molar-refractivity contribution is 9.10. The molecule has 0 amide bonds. The second-order valence-corrected chi connectivity index (χ2v) is 8.50. The first-order valence-corrected chi connectivity index (χ1v) is 11.4. The van der Waals surface area contributed by atoms with Crippen LogP contribution in [0.2, 0.25) is 0 Å². The number of rotatable bonds is 9. The number of unbranched alkanes of at least 4 members (excludes halogenated alkanes) is 1. The lowest BCUT2D eigenvalue weighted by Gasteiger charge is -2.30. The van der Waals surface area contributed by atoms with Crippen LogP contribution in [0.4, 0.5) is 5.69 Å². The molecule has 1 fully saturated rings. The van der Waals surface area contributed by atoms with Gasteiger partial charge >= 0.3 is 5.97 Å². The summed E-state index contributed by atoms with van der Waals surface area (Å²) in [4.78, 5) is 14.9. The molecule has 6 heteroatoms. The molecule has 152 valence electrons. The van der Waals surface area contributed by atoms with E-state index in [4.69, 9.17) is 22.1 Å². The largest absolute Gasteiger partial charge is 0.462 e.